The minimum absolute atomic E-state index is 0. The monoisotopic (exact) mass is 279 g/mol. The summed E-state index contributed by atoms with van der Waals surface area (Å²) in [4.78, 5) is 10.0. The molecule has 1 nitrogen and oxygen atoms in total. The Hall–Kier alpha value is 0.319. The summed E-state index contributed by atoms with van der Waals surface area (Å²) in [5, 5.41) is 0. The van der Waals surface area contributed by atoms with Gasteiger partial charge in [-0.15, -0.1) is 0 Å². The Balaban J connectivity index is 0. The van der Waals surface area contributed by atoms with E-state index in [0.29, 0.717) is 0 Å². The van der Waals surface area contributed by atoms with Gasteiger partial charge in [-0.3, -0.25) is 0 Å². The Morgan fingerprint density at radius 1 is 1.57 bits per heavy atom. The molecular formula is C5H10IrO. The molecule has 0 aliphatic heterocycles. The topological polar surface area (TPSA) is 17.1 Å². The van der Waals surface area contributed by atoms with Crippen molar-refractivity contribution >= 4 is 5.78 Å². The molecule has 7 heavy (non-hydrogen) atoms. The van der Waals surface area contributed by atoms with E-state index < -0.39 is 0 Å². The number of hydrogen-bond donors (Lipinski definition) is 0. The minimum Gasteiger partial charge on any atom is -0.300 e. The second-order valence-electron chi connectivity index (χ2n) is 1.45. The zero-order chi connectivity index (χ0) is 4.99. The van der Waals surface area contributed by atoms with Crippen molar-refractivity contribution in [3.63, 3.8) is 0 Å². The molecule has 0 aliphatic rings. The number of hydrogen-bond acceptors (Lipinski definition) is 1. The van der Waals surface area contributed by atoms with Crippen LogP contribution >= 0.6 is 0 Å². The molecule has 0 fully saturated rings. The summed E-state index contributed by atoms with van der Waals surface area (Å²) in [6, 6.07) is 0. The van der Waals surface area contributed by atoms with Crippen molar-refractivity contribution in [2.45, 2.75) is 26.7 Å². The molecule has 0 aromatic carbocycles. The molecule has 0 amide bonds. The van der Waals surface area contributed by atoms with Crippen molar-refractivity contribution in [1.29, 1.82) is 0 Å². The van der Waals surface area contributed by atoms with Crippen LogP contribution in [0.3, 0.4) is 0 Å². The van der Waals surface area contributed by atoms with Gasteiger partial charge in [0.2, 0.25) is 0 Å². The first-order valence-corrected chi connectivity index (χ1v) is 2.26. The maximum atomic E-state index is 10.0. The summed E-state index contributed by atoms with van der Waals surface area (Å²) in [7, 11) is 0. The van der Waals surface area contributed by atoms with Gasteiger partial charge in [0, 0.05) is 26.5 Å². The van der Waals surface area contributed by atoms with Crippen LogP contribution in [0.1, 0.15) is 26.7 Å². The normalized spacial score (nSPS) is 7.14. The van der Waals surface area contributed by atoms with Gasteiger partial charge in [-0.05, 0) is 13.3 Å². The zero-order valence-corrected chi connectivity index (χ0v) is 7.05. The summed E-state index contributed by atoms with van der Waals surface area (Å²) in [5.74, 6) is 0.289. The fourth-order valence-electron chi connectivity index (χ4n) is 0.352. The second kappa shape index (κ2) is 6.32. The molecule has 0 unspecified atom stereocenters. The van der Waals surface area contributed by atoms with E-state index in [1.807, 2.05) is 6.92 Å². The molecule has 0 bridgehead atoms. The maximum absolute atomic E-state index is 10.0. The molecule has 2 heteroatoms. The van der Waals surface area contributed by atoms with Gasteiger partial charge in [-0.25, -0.2) is 0 Å². The van der Waals surface area contributed by atoms with E-state index in [1.54, 1.807) is 6.92 Å². The molecule has 0 aliphatic carbocycles. The molecule has 0 aromatic heterocycles. The van der Waals surface area contributed by atoms with Gasteiger partial charge >= 0.3 is 0 Å². The smallest absolute Gasteiger partial charge is 0.129 e. The Labute approximate surface area is 57.8 Å². The zero-order valence-electron chi connectivity index (χ0n) is 4.66. The fraction of sp³-hybridized carbons (Fsp3) is 0.800. The minimum atomic E-state index is 0. The van der Waals surface area contributed by atoms with Crippen molar-refractivity contribution in [3.8, 4) is 0 Å². The summed E-state index contributed by atoms with van der Waals surface area (Å²) in [5.41, 5.74) is 0. The molecule has 0 aromatic rings. The molecule has 1 radical (unpaired) electrons. The van der Waals surface area contributed by atoms with Gasteiger partial charge in [-0.1, -0.05) is 6.92 Å². The summed E-state index contributed by atoms with van der Waals surface area (Å²) >= 11 is 0. The van der Waals surface area contributed by atoms with Crippen LogP contribution < -0.4 is 0 Å². The largest absolute Gasteiger partial charge is 0.300 e. The van der Waals surface area contributed by atoms with E-state index in [1.165, 1.54) is 0 Å². The quantitative estimate of drug-likeness (QED) is 0.746. The standard InChI is InChI=1S/C5H10O.Ir/c1-3-4-5(2)6;/h3-4H2,1-2H3;. The number of ketones is 1. The molecule has 0 spiro atoms. The average molecular weight is 278 g/mol. The SMILES string of the molecule is CCCC(C)=O.[Ir]. The second-order valence-corrected chi connectivity index (χ2v) is 1.45. The predicted molar refractivity (Wildman–Crippen MR) is 25.6 cm³/mol. The summed E-state index contributed by atoms with van der Waals surface area (Å²) in [6.45, 7) is 3.62. The molecule has 0 saturated heterocycles. The number of carbonyl (C=O) groups is 1. The van der Waals surface area contributed by atoms with Crippen LogP contribution in [0.15, 0.2) is 0 Å². The van der Waals surface area contributed by atoms with Gasteiger partial charge in [0.1, 0.15) is 5.78 Å². The molecule has 0 saturated carbocycles. The third-order valence-electron chi connectivity index (χ3n) is 0.602. The Morgan fingerprint density at radius 3 is 2.00 bits per heavy atom. The van der Waals surface area contributed by atoms with E-state index in [0.717, 1.165) is 12.8 Å². The van der Waals surface area contributed by atoms with E-state index >= 15 is 0 Å². The first kappa shape index (κ1) is 10.3. The van der Waals surface area contributed by atoms with Gasteiger partial charge in [0.05, 0.1) is 0 Å². The van der Waals surface area contributed by atoms with Crippen LogP contribution in [-0.4, -0.2) is 5.78 Å². The number of rotatable bonds is 2. The van der Waals surface area contributed by atoms with Crippen LogP contribution in [0.5, 0.6) is 0 Å². The van der Waals surface area contributed by atoms with Crippen LogP contribution in [0, 0.1) is 0 Å². The first-order chi connectivity index (χ1) is 2.77. The Kier molecular flexibility index (Phi) is 9.33. The molecular weight excluding hydrogens is 268 g/mol. The maximum Gasteiger partial charge on any atom is 0.129 e. The van der Waals surface area contributed by atoms with Gasteiger partial charge in [0.25, 0.3) is 0 Å². The molecule has 45 valence electrons. The summed E-state index contributed by atoms with van der Waals surface area (Å²) < 4.78 is 0. The third-order valence-corrected chi connectivity index (χ3v) is 0.602. The average Bonchev–Trinajstić information content (AvgIpc) is 1.35. The van der Waals surface area contributed by atoms with Gasteiger partial charge in [0.15, 0.2) is 0 Å². The van der Waals surface area contributed by atoms with E-state index in [2.05, 4.69) is 0 Å². The number of carbonyl (C=O) groups excluding carboxylic acids is 1. The first-order valence-electron chi connectivity index (χ1n) is 2.26. The van der Waals surface area contributed by atoms with Crippen molar-refractivity contribution in [1.82, 2.24) is 0 Å². The van der Waals surface area contributed by atoms with Crippen LogP contribution in [-0.2, 0) is 24.9 Å². The number of Topliss-reactive ketones (excluding diaryl/α,β-unsaturated/α-hetero) is 1. The Morgan fingerprint density at radius 2 is 2.00 bits per heavy atom. The van der Waals surface area contributed by atoms with Crippen LogP contribution in [0.25, 0.3) is 0 Å². The van der Waals surface area contributed by atoms with Crippen molar-refractivity contribution < 1.29 is 24.9 Å². The molecule has 0 N–H and O–H groups in total. The summed E-state index contributed by atoms with van der Waals surface area (Å²) in [6.07, 6.45) is 1.72. The predicted octanol–water partition coefficient (Wildman–Crippen LogP) is 1.37. The van der Waals surface area contributed by atoms with E-state index in [4.69, 9.17) is 0 Å². The van der Waals surface area contributed by atoms with Crippen molar-refractivity contribution in [2.75, 3.05) is 0 Å². The van der Waals surface area contributed by atoms with Crippen LogP contribution in [0.4, 0.5) is 0 Å². The van der Waals surface area contributed by atoms with Crippen LogP contribution in [0.2, 0.25) is 0 Å². The molecule has 0 rings (SSSR count). The van der Waals surface area contributed by atoms with Crippen molar-refractivity contribution in [2.24, 2.45) is 0 Å². The van der Waals surface area contributed by atoms with Crippen molar-refractivity contribution in [3.05, 3.63) is 0 Å². The van der Waals surface area contributed by atoms with Gasteiger partial charge < -0.3 is 4.79 Å². The molecule has 0 heterocycles. The third kappa shape index (κ3) is 10.7. The Bertz CT molecular complexity index is 52.0. The fourth-order valence-corrected chi connectivity index (χ4v) is 0.352. The van der Waals surface area contributed by atoms with Gasteiger partial charge in [-0.2, -0.15) is 0 Å². The van der Waals surface area contributed by atoms with E-state index in [-0.39, 0.29) is 25.9 Å². The van der Waals surface area contributed by atoms with E-state index in [9.17, 15) is 4.79 Å². The molecule has 0 atom stereocenters.